The highest BCUT2D eigenvalue weighted by Crippen LogP contribution is 2.12. The van der Waals surface area contributed by atoms with E-state index in [9.17, 15) is 9.18 Å². The van der Waals surface area contributed by atoms with E-state index >= 15 is 0 Å². The molecule has 1 rings (SSSR count). The Labute approximate surface area is 101 Å². The number of rotatable bonds is 1. The van der Waals surface area contributed by atoms with Crippen molar-refractivity contribution < 1.29 is 18.8 Å². The molecule has 0 aromatic carbocycles. The fourth-order valence-electron chi connectivity index (χ4n) is 0.573. The summed E-state index contributed by atoms with van der Waals surface area (Å²) in [6, 6.07) is 0.817. The second-order valence-corrected chi connectivity index (χ2v) is 4.86. The average molecular weight is 295 g/mol. The molecule has 15 heavy (non-hydrogen) atoms. The molecule has 0 saturated heterocycles. The number of nitrogens with zero attached hydrogens (tertiary/aromatic N) is 1. The summed E-state index contributed by atoms with van der Waals surface area (Å²) < 4.78 is 21.4. The number of aromatic carboxylic acids is 1. The SMILES string of the molecule is O=C(O)c1cc(F)cnc1Cl.[O-][S+](Cl)Cl. The molecule has 1 N–H and O–H groups in total. The van der Waals surface area contributed by atoms with Crippen LogP contribution in [0.3, 0.4) is 0 Å². The molecular weight excluding hydrogens is 291 g/mol. The van der Waals surface area contributed by atoms with Gasteiger partial charge in [-0.25, -0.2) is 14.2 Å². The molecule has 0 amide bonds. The molecule has 84 valence electrons. The predicted octanol–water partition coefficient (Wildman–Crippen LogP) is 2.62. The van der Waals surface area contributed by atoms with Crippen molar-refractivity contribution in [3.8, 4) is 0 Å². The lowest BCUT2D eigenvalue weighted by Gasteiger charge is -1.95. The number of hydrogen-bond acceptors (Lipinski definition) is 3. The van der Waals surface area contributed by atoms with E-state index in [2.05, 4.69) is 26.3 Å². The Hall–Kier alpha value is -0.270. The van der Waals surface area contributed by atoms with Crippen molar-refractivity contribution in [1.29, 1.82) is 0 Å². The van der Waals surface area contributed by atoms with E-state index in [1.165, 1.54) is 0 Å². The third-order valence-electron chi connectivity index (χ3n) is 1.04. The third kappa shape index (κ3) is 6.75. The second-order valence-electron chi connectivity index (χ2n) is 1.98. The van der Waals surface area contributed by atoms with Crippen LogP contribution in [0.15, 0.2) is 12.3 Å². The molecule has 0 atom stereocenters. The molecule has 0 bridgehead atoms. The van der Waals surface area contributed by atoms with Crippen molar-refractivity contribution in [3.63, 3.8) is 0 Å². The molecule has 9 heteroatoms. The Morgan fingerprint density at radius 3 is 2.40 bits per heavy atom. The predicted molar refractivity (Wildman–Crippen MR) is 56.0 cm³/mol. The van der Waals surface area contributed by atoms with Crippen molar-refractivity contribution in [2.24, 2.45) is 0 Å². The van der Waals surface area contributed by atoms with Gasteiger partial charge in [0.2, 0.25) is 0 Å². The number of carboxylic acid groups (broad SMARTS) is 1. The van der Waals surface area contributed by atoms with Crippen LogP contribution in [0, 0.1) is 5.82 Å². The first kappa shape index (κ1) is 14.7. The molecule has 0 spiro atoms. The van der Waals surface area contributed by atoms with Crippen molar-refractivity contribution >= 4 is 48.5 Å². The van der Waals surface area contributed by atoms with Gasteiger partial charge in [0.1, 0.15) is 11.0 Å². The monoisotopic (exact) mass is 293 g/mol. The summed E-state index contributed by atoms with van der Waals surface area (Å²) in [6.07, 6.45) is 0.856. The molecule has 1 aromatic heterocycles. The molecule has 1 aromatic rings. The van der Waals surface area contributed by atoms with E-state index in [4.69, 9.17) is 21.3 Å². The third-order valence-corrected chi connectivity index (χ3v) is 1.34. The fourth-order valence-corrected chi connectivity index (χ4v) is 0.757. The number of halogens is 4. The number of pyridine rings is 1. The van der Waals surface area contributed by atoms with Gasteiger partial charge in [-0.2, -0.15) is 0 Å². The van der Waals surface area contributed by atoms with Crippen LogP contribution >= 0.6 is 33.0 Å². The van der Waals surface area contributed by atoms with Crippen LogP contribution in [-0.2, 0) is 9.60 Å². The van der Waals surface area contributed by atoms with Gasteiger partial charge in [-0.05, 0) is 6.07 Å². The van der Waals surface area contributed by atoms with Gasteiger partial charge in [0.15, 0.2) is 31.0 Å². The van der Waals surface area contributed by atoms with Gasteiger partial charge in [-0.3, -0.25) is 0 Å². The Balaban J connectivity index is 0.000000423. The van der Waals surface area contributed by atoms with E-state index in [1.807, 2.05) is 0 Å². The van der Waals surface area contributed by atoms with Gasteiger partial charge in [-0.1, -0.05) is 11.6 Å². The first-order chi connectivity index (χ1) is 6.84. The number of aromatic nitrogens is 1. The molecule has 0 fully saturated rings. The maximum atomic E-state index is 12.3. The van der Waals surface area contributed by atoms with Crippen LogP contribution in [-0.4, -0.2) is 20.6 Å². The Kier molecular flexibility index (Phi) is 6.95. The Morgan fingerprint density at radius 2 is 2.07 bits per heavy atom. The van der Waals surface area contributed by atoms with Gasteiger partial charge < -0.3 is 9.66 Å². The molecule has 0 saturated carbocycles. The Morgan fingerprint density at radius 1 is 1.60 bits per heavy atom. The average Bonchev–Trinajstić information content (AvgIpc) is 2.08. The lowest BCUT2D eigenvalue weighted by atomic mass is 10.3. The smallest absolute Gasteiger partial charge is 0.338 e. The molecule has 0 aliphatic carbocycles. The van der Waals surface area contributed by atoms with E-state index in [-0.39, 0.29) is 10.7 Å². The lowest BCUT2D eigenvalue weighted by Crippen LogP contribution is -1.99. The summed E-state index contributed by atoms with van der Waals surface area (Å²) in [5.74, 6) is -2.01. The minimum Gasteiger partial charge on any atom is -0.582 e. The quantitative estimate of drug-likeness (QED) is 0.638. The maximum absolute atomic E-state index is 12.3. The molecule has 1 heterocycles. The van der Waals surface area contributed by atoms with Crippen molar-refractivity contribution in [3.05, 3.63) is 28.8 Å². The normalized spacial score (nSPS) is 9.47. The first-order valence-corrected chi connectivity index (χ1v) is 6.31. The van der Waals surface area contributed by atoms with Crippen molar-refractivity contribution in [1.82, 2.24) is 4.98 Å². The zero-order valence-corrected chi connectivity index (χ0v) is 9.87. The van der Waals surface area contributed by atoms with Crippen LogP contribution in [0.4, 0.5) is 4.39 Å². The van der Waals surface area contributed by atoms with Gasteiger partial charge in [-0.15, -0.1) is 0 Å². The van der Waals surface area contributed by atoms with Crippen LogP contribution in [0.5, 0.6) is 0 Å². The number of carboxylic acids is 1. The van der Waals surface area contributed by atoms with Crippen molar-refractivity contribution in [2.75, 3.05) is 0 Å². The summed E-state index contributed by atoms with van der Waals surface area (Å²) >= 11 is 5.33. The fraction of sp³-hybridized carbons (Fsp3) is 0. The van der Waals surface area contributed by atoms with Crippen LogP contribution in [0.25, 0.3) is 0 Å². The van der Waals surface area contributed by atoms with Crippen molar-refractivity contribution in [2.45, 2.75) is 0 Å². The number of carbonyl (C=O) groups is 1. The largest absolute Gasteiger partial charge is 0.582 e. The minimum absolute atomic E-state index is 0.209. The molecule has 0 radical (unpaired) electrons. The summed E-state index contributed by atoms with van der Waals surface area (Å²) in [4.78, 5) is 13.6. The maximum Gasteiger partial charge on any atom is 0.338 e. The highest BCUT2D eigenvalue weighted by atomic mass is 36.0. The minimum atomic E-state index is -1.67. The van der Waals surface area contributed by atoms with E-state index in [1.54, 1.807) is 0 Å². The first-order valence-electron chi connectivity index (χ1n) is 3.13. The van der Waals surface area contributed by atoms with Gasteiger partial charge >= 0.3 is 5.97 Å². The van der Waals surface area contributed by atoms with Gasteiger partial charge in [0, 0.05) is 0 Å². The van der Waals surface area contributed by atoms with Gasteiger partial charge in [0.05, 0.1) is 11.8 Å². The summed E-state index contributed by atoms with van der Waals surface area (Å²) in [6.45, 7) is 0. The molecule has 0 aliphatic rings. The topological polar surface area (TPSA) is 73.2 Å². The second kappa shape index (κ2) is 7.08. The number of hydrogen-bond donors (Lipinski definition) is 1. The van der Waals surface area contributed by atoms with E-state index < -0.39 is 21.4 Å². The highest BCUT2D eigenvalue weighted by Gasteiger charge is 2.09. The molecular formula is C6H3Cl3FNO3S. The summed E-state index contributed by atoms with van der Waals surface area (Å²) in [5, 5.41) is 8.19. The highest BCUT2D eigenvalue weighted by molar-refractivity contribution is 8.31. The van der Waals surface area contributed by atoms with Crippen LogP contribution in [0.1, 0.15) is 10.4 Å². The van der Waals surface area contributed by atoms with E-state index in [0.717, 1.165) is 12.3 Å². The van der Waals surface area contributed by atoms with Gasteiger partial charge in [0.25, 0.3) is 0 Å². The molecule has 4 nitrogen and oxygen atoms in total. The standard InChI is InChI=1S/C6H3ClFNO2.Cl2OS/c7-5-4(6(10)11)1-3(8)2-9-5;1-4(2)3/h1-2H,(H,10,11);. The summed E-state index contributed by atoms with van der Waals surface area (Å²) in [7, 11) is 7.36. The zero-order valence-electron chi connectivity index (χ0n) is 6.79. The van der Waals surface area contributed by atoms with Crippen LogP contribution < -0.4 is 0 Å². The molecule has 0 aliphatic heterocycles. The lowest BCUT2D eigenvalue weighted by molar-refractivity contribution is 0.0696. The Bertz CT molecular complexity index is 350. The van der Waals surface area contributed by atoms with Crippen LogP contribution in [0.2, 0.25) is 5.15 Å². The van der Waals surface area contributed by atoms with E-state index in [0.29, 0.717) is 0 Å². The summed E-state index contributed by atoms with van der Waals surface area (Å²) in [5.41, 5.74) is -0.327. The molecule has 0 unspecified atom stereocenters. The zero-order chi connectivity index (χ0) is 12.0.